The summed E-state index contributed by atoms with van der Waals surface area (Å²) in [5.41, 5.74) is 1.05. The molecule has 0 radical (unpaired) electrons. The Labute approximate surface area is 202 Å². The normalized spacial score (nSPS) is 21.1. The van der Waals surface area contributed by atoms with Crippen LogP contribution >= 0.6 is 0 Å². The second-order valence-corrected chi connectivity index (χ2v) is 9.00. The van der Waals surface area contributed by atoms with Gasteiger partial charge >= 0.3 is 6.03 Å². The van der Waals surface area contributed by atoms with Gasteiger partial charge in [0.05, 0.1) is 6.61 Å². The molecule has 9 nitrogen and oxygen atoms in total. The quantitative estimate of drug-likeness (QED) is 0.506. The van der Waals surface area contributed by atoms with Gasteiger partial charge < -0.3 is 24.5 Å². The molecule has 0 saturated carbocycles. The molecule has 2 atom stereocenters. The van der Waals surface area contributed by atoms with Crippen LogP contribution in [0.15, 0.2) is 46.9 Å². The SMILES string of the molecule is CCOc1cc2c(cc1CNC(=O)CN1C(=O)N[C@](C)(c3cc4ccccc4o3)C1=O)O[C@H](C)C2. The highest BCUT2D eigenvalue weighted by atomic mass is 16.5. The number of carbonyl (C=O) groups is 3. The maximum Gasteiger partial charge on any atom is 0.325 e. The number of rotatable bonds is 7. The fourth-order valence-corrected chi connectivity index (χ4v) is 4.54. The van der Waals surface area contributed by atoms with E-state index in [9.17, 15) is 14.4 Å². The van der Waals surface area contributed by atoms with Crippen LogP contribution in [0.5, 0.6) is 11.5 Å². The Hall–Kier alpha value is -4.01. The number of hydrogen-bond acceptors (Lipinski definition) is 6. The van der Waals surface area contributed by atoms with E-state index in [2.05, 4.69) is 10.6 Å². The van der Waals surface area contributed by atoms with Crippen molar-refractivity contribution in [2.45, 2.75) is 45.4 Å². The highest BCUT2D eigenvalue weighted by Gasteiger charge is 2.51. The Morgan fingerprint density at radius 1 is 1.26 bits per heavy atom. The van der Waals surface area contributed by atoms with Gasteiger partial charge in [0.2, 0.25) is 5.91 Å². The summed E-state index contributed by atoms with van der Waals surface area (Å²) in [7, 11) is 0. The summed E-state index contributed by atoms with van der Waals surface area (Å²) in [5.74, 6) is 0.748. The molecule has 3 heterocycles. The average molecular weight is 478 g/mol. The first-order chi connectivity index (χ1) is 16.8. The first-order valence-corrected chi connectivity index (χ1v) is 11.6. The van der Waals surface area contributed by atoms with E-state index < -0.39 is 29.9 Å². The molecule has 2 aromatic carbocycles. The monoisotopic (exact) mass is 477 g/mol. The summed E-state index contributed by atoms with van der Waals surface area (Å²) < 4.78 is 17.4. The average Bonchev–Trinajstić information content (AvgIpc) is 3.48. The maximum absolute atomic E-state index is 13.2. The number of nitrogens with zero attached hydrogens (tertiary/aromatic N) is 1. The summed E-state index contributed by atoms with van der Waals surface area (Å²) in [6.45, 7) is 5.71. The van der Waals surface area contributed by atoms with Crippen LogP contribution in [0.1, 0.15) is 37.7 Å². The van der Waals surface area contributed by atoms with Crippen molar-refractivity contribution in [3.05, 3.63) is 59.4 Å². The van der Waals surface area contributed by atoms with Gasteiger partial charge in [-0.25, -0.2) is 4.79 Å². The van der Waals surface area contributed by atoms with Crippen LogP contribution in [0.25, 0.3) is 11.0 Å². The number of carbonyl (C=O) groups excluding carboxylic acids is 3. The van der Waals surface area contributed by atoms with Crippen LogP contribution in [0, 0.1) is 0 Å². The van der Waals surface area contributed by atoms with Crippen molar-refractivity contribution in [1.29, 1.82) is 0 Å². The van der Waals surface area contributed by atoms with Gasteiger partial charge in [-0.3, -0.25) is 14.5 Å². The molecule has 1 aromatic heterocycles. The zero-order valence-corrected chi connectivity index (χ0v) is 19.8. The molecule has 0 aliphatic carbocycles. The van der Waals surface area contributed by atoms with Gasteiger partial charge in [-0.2, -0.15) is 0 Å². The van der Waals surface area contributed by atoms with Crippen molar-refractivity contribution in [1.82, 2.24) is 15.5 Å². The van der Waals surface area contributed by atoms with Gasteiger partial charge in [0.25, 0.3) is 5.91 Å². The lowest BCUT2D eigenvalue weighted by molar-refractivity contribution is -0.135. The summed E-state index contributed by atoms with van der Waals surface area (Å²) in [5, 5.41) is 6.28. The molecular formula is C26H27N3O6. The van der Waals surface area contributed by atoms with Gasteiger partial charge in [0.15, 0.2) is 5.54 Å². The van der Waals surface area contributed by atoms with E-state index >= 15 is 0 Å². The molecule has 2 aliphatic heterocycles. The third kappa shape index (κ3) is 4.07. The van der Waals surface area contributed by atoms with E-state index in [1.807, 2.05) is 44.2 Å². The highest BCUT2D eigenvalue weighted by molar-refractivity contribution is 6.09. The minimum absolute atomic E-state index is 0.0880. The molecular weight excluding hydrogens is 450 g/mol. The largest absolute Gasteiger partial charge is 0.494 e. The van der Waals surface area contributed by atoms with Gasteiger partial charge in [0.1, 0.15) is 35.5 Å². The number of fused-ring (bicyclic) bond motifs is 2. The Morgan fingerprint density at radius 2 is 2.06 bits per heavy atom. The van der Waals surface area contributed by atoms with Gasteiger partial charge in [-0.15, -0.1) is 0 Å². The second-order valence-electron chi connectivity index (χ2n) is 9.00. The molecule has 1 saturated heterocycles. The van der Waals surface area contributed by atoms with Crippen molar-refractivity contribution in [3.8, 4) is 11.5 Å². The fourth-order valence-electron chi connectivity index (χ4n) is 4.54. The highest BCUT2D eigenvalue weighted by Crippen LogP contribution is 2.35. The summed E-state index contributed by atoms with van der Waals surface area (Å²) >= 11 is 0. The number of amides is 4. The molecule has 182 valence electrons. The summed E-state index contributed by atoms with van der Waals surface area (Å²) in [6.07, 6.45) is 0.892. The number of para-hydroxylation sites is 1. The van der Waals surface area contributed by atoms with Crippen molar-refractivity contribution in [2.75, 3.05) is 13.2 Å². The first kappa shape index (κ1) is 22.8. The first-order valence-electron chi connectivity index (χ1n) is 11.6. The molecule has 0 unspecified atom stereocenters. The lowest BCUT2D eigenvalue weighted by atomic mass is 9.99. The molecule has 9 heteroatoms. The maximum atomic E-state index is 13.2. The van der Waals surface area contributed by atoms with Crippen LogP contribution in [-0.2, 0) is 28.1 Å². The number of hydrogen-bond donors (Lipinski definition) is 2. The topological polar surface area (TPSA) is 110 Å². The van der Waals surface area contributed by atoms with E-state index in [4.69, 9.17) is 13.9 Å². The number of furan rings is 1. The third-order valence-electron chi connectivity index (χ3n) is 6.35. The molecule has 5 rings (SSSR count). The molecule has 2 N–H and O–H groups in total. The van der Waals surface area contributed by atoms with Gasteiger partial charge in [-0.05, 0) is 45.0 Å². The van der Waals surface area contributed by atoms with Gasteiger partial charge in [0, 0.05) is 29.5 Å². The van der Waals surface area contributed by atoms with Crippen LogP contribution < -0.4 is 20.1 Å². The number of nitrogens with one attached hydrogen (secondary N) is 2. The van der Waals surface area contributed by atoms with Crippen molar-refractivity contribution >= 4 is 28.8 Å². The number of ether oxygens (including phenoxy) is 2. The number of benzene rings is 2. The lowest BCUT2D eigenvalue weighted by Gasteiger charge is -2.19. The Kier molecular flexibility index (Phi) is 5.62. The Balaban J connectivity index is 1.28. The summed E-state index contributed by atoms with van der Waals surface area (Å²) in [6, 6.07) is 12.2. The van der Waals surface area contributed by atoms with Crippen molar-refractivity contribution < 1.29 is 28.3 Å². The van der Waals surface area contributed by atoms with Crippen LogP contribution in [0.3, 0.4) is 0 Å². The number of imide groups is 1. The zero-order valence-electron chi connectivity index (χ0n) is 19.8. The Bertz CT molecular complexity index is 1300. The predicted octanol–water partition coefficient (Wildman–Crippen LogP) is 3.24. The third-order valence-corrected chi connectivity index (χ3v) is 6.35. The van der Waals surface area contributed by atoms with E-state index in [0.29, 0.717) is 23.7 Å². The second kappa shape index (κ2) is 8.65. The minimum Gasteiger partial charge on any atom is -0.494 e. The molecule has 35 heavy (non-hydrogen) atoms. The van der Waals surface area contributed by atoms with Crippen molar-refractivity contribution in [2.24, 2.45) is 0 Å². The lowest BCUT2D eigenvalue weighted by Crippen LogP contribution is -2.43. The Morgan fingerprint density at radius 3 is 2.83 bits per heavy atom. The molecule has 0 bridgehead atoms. The van der Waals surface area contributed by atoms with E-state index in [1.165, 1.54) is 0 Å². The van der Waals surface area contributed by atoms with Gasteiger partial charge in [-0.1, -0.05) is 18.2 Å². The zero-order chi connectivity index (χ0) is 24.7. The van der Waals surface area contributed by atoms with E-state index in [-0.39, 0.29) is 12.6 Å². The van der Waals surface area contributed by atoms with E-state index in [1.54, 1.807) is 19.1 Å². The summed E-state index contributed by atoms with van der Waals surface area (Å²) in [4.78, 5) is 39.4. The number of urea groups is 1. The molecule has 3 aromatic rings. The van der Waals surface area contributed by atoms with Crippen LogP contribution in [0.2, 0.25) is 0 Å². The van der Waals surface area contributed by atoms with Crippen LogP contribution in [0.4, 0.5) is 4.79 Å². The fraction of sp³-hybridized carbons (Fsp3) is 0.346. The predicted molar refractivity (Wildman–Crippen MR) is 127 cm³/mol. The van der Waals surface area contributed by atoms with Crippen LogP contribution in [-0.4, -0.2) is 42.0 Å². The smallest absolute Gasteiger partial charge is 0.325 e. The molecule has 4 amide bonds. The minimum atomic E-state index is -1.40. The van der Waals surface area contributed by atoms with Crippen molar-refractivity contribution in [3.63, 3.8) is 0 Å². The molecule has 1 fully saturated rings. The molecule has 2 aliphatic rings. The molecule has 0 spiro atoms. The standard InChI is InChI=1S/C26H27N3O6/c1-4-33-20-10-17-9-15(2)34-21(17)11-18(20)13-27-23(30)14-29-24(31)26(3,28-25(29)32)22-12-16-7-5-6-8-19(16)35-22/h5-8,10-12,15H,4,9,13-14H2,1-3H3,(H,27,30)(H,28,32)/t15-,26-/m1/s1. The van der Waals surface area contributed by atoms with E-state index in [0.717, 1.165) is 33.6 Å².